The quantitative estimate of drug-likeness (QED) is 0.0261. The first-order valence-electron chi connectivity index (χ1n) is 35.8. The molecule has 0 N–H and O–H groups in total. The Labute approximate surface area is 504 Å². The van der Waals surface area contributed by atoms with E-state index in [9.17, 15) is 14.4 Å². The molecule has 81 heavy (non-hydrogen) atoms. The largest absolute Gasteiger partial charge is 0.462 e. The average Bonchev–Trinajstić information content (AvgIpc) is 3.47. The van der Waals surface area contributed by atoms with Crippen molar-refractivity contribution in [1.82, 2.24) is 0 Å². The molecule has 0 heterocycles. The Kier molecular flexibility index (Phi) is 67.1. The lowest BCUT2D eigenvalue weighted by Gasteiger charge is -2.18. The van der Waals surface area contributed by atoms with Crippen molar-refractivity contribution < 1.29 is 28.6 Å². The standard InChI is InChI=1S/C75H136O6/c1-4-7-10-13-16-19-22-25-28-30-32-33-34-35-36-37-38-39-40-41-42-43-44-46-47-50-53-56-59-62-65-68-74(77)80-71-72(70-79-73(76)67-64-61-58-55-52-49-27-24-21-18-15-12-9-6-3)81-75(78)69-66-63-60-57-54-51-48-45-31-29-26-23-20-17-14-11-8-5-2/h7,10,16,19,24-25,27-28,32-33,72H,4-6,8-9,11-15,17-18,20-23,26,29-31,34-71H2,1-3H3/b10-7-,19-16-,27-24-,28-25-,33-32-. The van der Waals surface area contributed by atoms with Crippen LogP contribution >= 0.6 is 0 Å². The number of ether oxygens (including phenoxy) is 3. The van der Waals surface area contributed by atoms with E-state index in [1.165, 1.54) is 250 Å². The highest BCUT2D eigenvalue weighted by Crippen LogP contribution is 2.18. The highest BCUT2D eigenvalue weighted by Gasteiger charge is 2.19. The predicted molar refractivity (Wildman–Crippen MR) is 353 cm³/mol. The molecule has 0 radical (unpaired) electrons. The predicted octanol–water partition coefficient (Wildman–Crippen LogP) is 24.7. The Hall–Kier alpha value is -2.89. The zero-order valence-electron chi connectivity index (χ0n) is 54.3. The summed E-state index contributed by atoms with van der Waals surface area (Å²) in [7, 11) is 0. The van der Waals surface area contributed by atoms with E-state index in [0.29, 0.717) is 19.3 Å². The fourth-order valence-corrected chi connectivity index (χ4v) is 10.7. The summed E-state index contributed by atoms with van der Waals surface area (Å²) in [6, 6.07) is 0. The van der Waals surface area contributed by atoms with Crippen molar-refractivity contribution in [3.05, 3.63) is 60.8 Å². The Balaban J connectivity index is 4.18. The second-order valence-electron chi connectivity index (χ2n) is 24.1. The third-order valence-electron chi connectivity index (χ3n) is 16.0. The zero-order chi connectivity index (χ0) is 58.5. The number of unbranched alkanes of at least 4 members (excludes halogenated alkanes) is 45. The number of hydrogen-bond acceptors (Lipinski definition) is 6. The van der Waals surface area contributed by atoms with Gasteiger partial charge in [-0.15, -0.1) is 0 Å². The van der Waals surface area contributed by atoms with E-state index >= 15 is 0 Å². The smallest absolute Gasteiger partial charge is 0.306 e. The molecule has 0 aromatic carbocycles. The van der Waals surface area contributed by atoms with E-state index in [1.54, 1.807) is 0 Å². The van der Waals surface area contributed by atoms with Gasteiger partial charge in [0, 0.05) is 19.3 Å². The van der Waals surface area contributed by atoms with Gasteiger partial charge in [0.05, 0.1) is 0 Å². The summed E-state index contributed by atoms with van der Waals surface area (Å²) < 4.78 is 17.0. The molecule has 0 aromatic rings. The van der Waals surface area contributed by atoms with Gasteiger partial charge >= 0.3 is 17.9 Å². The Morgan fingerprint density at radius 2 is 0.481 bits per heavy atom. The van der Waals surface area contributed by atoms with Crippen LogP contribution in [0.3, 0.4) is 0 Å². The zero-order valence-corrected chi connectivity index (χ0v) is 54.3. The summed E-state index contributed by atoms with van der Waals surface area (Å²) in [6.07, 6.45) is 89.7. The lowest BCUT2D eigenvalue weighted by molar-refractivity contribution is -0.167. The van der Waals surface area contributed by atoms with E-state index in [0.717, 1.165) is 89.9 Å². The van der Waals surface area contributed by atoms with Crippen molar-refractivity contribution >= 4 is 17.9 Å². The van der Waals surface area contributed by atoms with Crippen LogP contribution in [-0.4, -0.2) is 37.2 Å². The summed E-state index contributed by atoms with van der Waals surface area (Å²) in [5, 5.41) is 0. The minimum Gasteiger partial charge on any atom is -0.462 e. The van der Waals surface area contributed by atoms with Crippen LogP contribution in [0.4, 0.5) is 0 Å². The van der Waals surface area contributed by atoms with Gasteiger partial charge in [0.2, 0.25) is 0 Å². The molecular weight excluding hydrogens is 997 g/mol. The van der Waals surface area contributed by atoms with Crippen molar-refractivity contribution in [2.45, 2.75) is 386 Å². The molecule has 472 valence electrons. The van der Waals surface area contributed by atoms with E-state index < -0.39 is 6.10 Å². The molecule has 0 saturated carbocycles. The van der Waals surface area contributed by atoms with Gasteiger partial charge < -0.3 is 14.2 Å². The first kappa shape index (κ1) is 78.1. The van der Waals surface area contributed by atoms with Crippen molar-refractivity contribution in [3.8, 4) is 0 Å². The molecule has 0 rings (SSSR count). The summed E-state index contributed by atoms with van der Waals surface area (Å²) >= 11 is 0. The Morgan fingerprint density at radius 1 is 0.259 bits per heavy atom. The van der Waals surface area contributed by atoms with Gasteiger partial charge in [0.15, 0.2) is 6.10 Å². The van der Waals surface area contributed by atoms with Crippen LogP contribution < -0.4 is 0 Å². The summed E-state index contributed by atoms with van der Waals surface area (Å²) in [4.78, 5) is 38.4. The molecular formula is C75H136O6. The molecule has 0 aromatic heterocycles. The molecule has 0 amide bonds. The van der Waals surface area contributed by atoms with Crippen LogP contribution in [0.5, 0.6) is 0 Å². The SMILES string of the molecule is CC/C=C\C/C=C\C/C=C\C/C=C\CCCCCCCCCCCCCCCCCCCCC(=O)OCC(COC(=O)CCCCCCC/C=C\CCCCCCC)OC(=O)CCCCCCCCCCCCCCCCCCCC. The van der Waals surface area contributed by atoms with Gasteiger partial charge in [0.25, 0.3) is 0 Å². The van der Waals surface area contributed by atoms with Crippen molar-refractivity contribution in [1.29, 1.82) is 0 Å². The monoisotopic (exact) mass is 1130 g/mol. The van der Waals surface area contributed by atoms with E-state index in [-0.39, 0.29) is 31.1 Å². The van der Waals surface area contributed by atoms with Crippen LogP contribution in [0.15, 0.2) is 60.8 Å². The van der Waals surface area contributed by atoms with Crippen molar-refractivity contribution in [2.24, 2.45) is 0 Å². The number of allylic oxidation sites excluding steroid dienone is 10. The number of esters is 3. The molecule has 6 heteroatoms. The van der Waals surface area contributed by atoms with Gasteiger partial charge in [-0.25, -0.2) is 0 Å². The second-order valence-corrected chi connectivity index (χ2v) is 24.1. The second kappa shape index (κ2) is 69.6. The van der Waals surface area contributed by atoms with Gasteiger partial charge in [-0.3, -0.25) is 14.4 Å². The number of rotatable bonds is 66. The molecule has 0 fully saturated rings. The minimum atomic E-state index is -0.774. The lowest BCUT2D eigenvalue weighted by atomic mass is 10.0. The third kappa shape index (κ3) is 67.8. The number of carbonyl (C=O) groups excluding carboxylic acids is 3. The highest BCUT2D eigenvalue weighted by atomic mass is 16.6. The summed E-state index contributed by atoms with van der Waals surface area (Å²) in [5.41, 5.74) is 0. The van der Waals surface area contributed by atoms with E-state index in [1.807, 2.05) is 0 Å². The molecule has 6 nitrogen and oxygen atoms in total. The molecule has 0 spiro atoms. The van der Waals surface area contributed by atoms with Crippen LogP contribution in [-0.2, 0) is 28.6 Å². The maximum atomic E-state index is 12.9. The van der Waals surface area contributed by atoms with Crippen molar-refractivity contribution in [3.63, 3.8) is 0 Å². The Morgan fingerprint density at radius 3 is 0.765 bits per heavy atom. The van der Waals surface area contributed by atoms with Gasteiger partial charge in [0.1, 0.15) is 13.2 Å². The molecule has 1 atom stereocenters. The first-order valence-corrected chi connectivity index (χ1v) is 35.8. The van der Waals surface area contributed by atoms with E-state index in [4.69, 9.17) is 14.2 Å². The molecule has 0 aliphatic carbocycles. The minimum absolute atomic E-state index is 0.0705. The van der Waals surface area contributed by atoms with E-state index in [2.05, 4.69) is 81.5 Å². The van der Waals surface area contributed by atoms with Gasteiger partial charge in [-0.05, 0) is 83.5 Å². The summed E-state index contributed by atoms with van der Waals surface area (Å²) in [6.45, 7) is 6.58. The van der Waals surface area contributed by atoms with Crippen LogP contribution in [0.1, 0.15) is 380 Å². The molecule has 0 bridgehead atoms. The Bertz CT molecular complexity index is 1440. The number of hydrogen-bond donors (Lipinski definition) is 0. The van der Waals surface area contributed by atoms with Gasteiger partial charge in [-0.1, -0.05) is 338 Å². The topological polar surface area (TPSA) is 78.9 Å². The molecule has 0 aliphatic rings. The molecule has 0 saturated heterocycles. The van der Waals surface area contributed by atoms with Gasteiger partial charge in [-0.2, -0.15) is 0 Å². The maximum absolute atomic E-state index is 12.9. The van der Waals surface area contributed by atoms with Crippen LogP contribution in [0.2, 0.25) is 0 Å². The molecule has 1 unspecified atom stereocenters. The fraction of sp³-hybridized carbons (Fsp3) is 0.827. The fourth-order valence-electron chi connectivity index (χ4n) is 10.7. The normalized spacial score (nSPS) is 12.4. The maximum Gasteiger partial charge on any atom is 0.306 e. The molecule has 0 aliphatic heterocycles. The van der Waals surface area contributed by atoms with Crippen molar-refractivity contribution in [2.75, 3.05) is 13.2 Å². The highest BCUT2D eigenvalue weighted by molar-refractivity contribution is 5.71. The first-order chi connectivity index (χ1) is 40.0. The van der Waals surface area contributed by atoms with Crippen LogP contribution in [0.25, 0.3) is 0 Å². The van der Waals surface area contributed by atoms with Crippen LogP contribution in [0, 0.1) is 0 Å². The summed E-state index contributed by atoms with van der Waals surface area (Å²) in [5.74, 6) is -0.852. The average molecular weight is 1130 g/mol. The number of carbonyl (C=O) groups is 3. The third-order valence-corrected chi connectivity index (χ3v) is 16.0. The lowest BCUT2D eigenvalue weighted by Crippen LogP contribution is -2.30.